The van der Waals surface area contributed by atoms with Gasteiger partial charge in [0, 0.05) is 13.0 Å². The van der Waals surface area contributed by atoms with Gasteiger partial charge in [-0.15, -0.1) is 0 Å². The average Bonchev–Trinajstić information content (AvgIpc) is 2.22. The quantitative estimate of drug-likeness (QED) is 0.908. The fourth-order valence-electron chi connectivity index (χ4n) is 2.51. The van der Waals surface area contributed by atoms with Crippen molar-refractivity contribution in [1.29, 1.82) is 0 Å². The predicted molar refractivity (Wildman–Crippen MR) is 69.5 cm³/mol. The maximum atomic E-state index is 13.1. The zero-order valence-corrected chi connectivity index (χ0v) is 11.5. The predicted octanol–water partition coefficient (Wildman–Crippen LogP) is 2.59. The summed E-state index contributed by atoms with van der Waals surface area (Å²) in [6.45, 7) is 1.72. The van der Waals surface area contributed by atoms with E-state index in [-0.39, 0.29) is 5.82 Å². The van der Waals surface area contributed by atoms with E-state index in [1.807, 2.05) is 7.05 Å². The molecular weight excluding hydrogens is 285 g/mol. The first kappa shape index (κ1) is 13.0. The monoisotopic (exact) mass is 301 g/mol. The molecule has 1 saturated heterocycles. The zero-order valence-electron chi connectivity index (χ0n) is 9.92. The maximum Gasteiger partial charge on any atom is 0.137 e. The first-order valence-corrected chi connectivity index (χ1v) is 6.63. The summed E-state index contributed by atoms with van der Waals surface area (Å²) >= 11 is 3.17. The third kappa shape index (κ3) is 3.27. The van der Waals surface area contributed by atoms with Crippen LogP contribution in [0.1, 0.15) is 18.4 Å². The highest BCUT2D eigenvalue weighted by molar-refractivity contribution is 9.10. The van der Waals surface area contributed by atoms with Crippen LogP contribution in [0.3, 0.4) is 0 Å². The lowest BCUT2D eigenvalue weighted by Crippen LogP contribution is -2.47. The summed E-state index contributed by atoms with van der Waals surface area (Å²) in [5, 5.41) is 10.5. The molecule has 1 aromatic rings. The van der Waals surface area contributed by atoms with Crippen molar-refractivity contribution in [1.82, 2.24) is 4.90 Å². The lowest BCUT2D eigenvalue weighted by Gasteiger charge is -2.37. The Morgan fingerprint density at radius 2 is 2.29 bits per heavy atom. The van der Waals surface area contributed by atoms with Crippen molar-refractivity contribution in [3.8, 4) is 0 Å². The summed E-state index contributed by atoms with van der Waals surface area (Å²) in [5.74, 6) is -0.262. The summed E-state index contributed by atoms with van der Waals surface area (Å²) in [7, 11) is 2.02. The lowest BCUT2D eigenvalue weighted by molar-refractivity contribution is -0.0224. The number of β-amino-alcohol motifs (C(OH)–C–C–N with tert-alkyl or cyclic N) is 1. The first-order chi connectivity index (χ1) is 7.98. The molecule has 17 heavy (non-hydrogen) atoms. The Morgan fingerprint density at radius 3 is 2.94 bits per heavy atom. The van der Waals surface area contributed by atoms with Gasteiger partial charge in [-0.1, -0.05) is 6.07 Å². The second-order valence-electron chi connectivity index (χ2n) is 4.99. The fourth-order valence-corrected chi connectivity index (χ4v) is 2.94. The molecule has 1 unspecified atom stereocenters. The Kier molecular flexibility index (Phi) is 3.85. The van der Waals surface area contributed by atoms with Crippen LogP contribution >= 0.6 is 15.9 Å². The van der Waals surface area contributed by atoms with E-state index in [1.54, 1.807) is 12.1 Å². The Bertz CT molecular complexity index is 412. The third-order valence-electron chi connectivity index (χ3n) is 3.26. The van der Waals surface area contributed by atoms with Crippen molar-refractivity contribution in [2.45, 2.75) is 24.9 Å². The smallest absolute Gasteiger partial charge is 0.137 e. The number of nitrogens with zero attached hydrogens (tertiary/aromatic N) is 1. The van der Waals surface area contributed by atoms with Gasteiger partial charge in [0.05, 0.1) is 10.1 Å². The van der Waals surface area contributed by atoms with Gasteiger partial charge < -0.3 is 10.0 Å². The summed E-state index contributed by atoms with van der Waals surface area (Å²) in [4.78, 5) is 2.14. The molecule has 1 fully saturated rings. The number of aliphatic hydroxyl groups is 1. The standard InChI is InChI=1S/C13H17BrFNO/c1-16-6-2-5-13(17,9-16)8-10-3-4-12(15)11(14)7-10/h3-4,7,17H,2,5-6,8-9H2,1H3. The Labute approximate surface area is 110 Å². The number of halogens is 2. The minimum atomic E-state index is -0.676. The second kappa shape index (κ2) is 5.04. The van der Waals surface area contributed by atoms with Crippen molar-refractivity contribution in [2.24, 2.45) is 0 Å². The molecule has 2 nitrogen and oxygen atoms in total. The van der Waals surface area contributed by atoms with Crippen molar-refractivity contribution < 1.29 is 9.50 Å². The molecule has 1 aliphatic heterocycles. The lowest BCUT2D eigenvalue weighted by atomic mass is 9.87. The van der Waals surface area contributed by atoms with Gasteiger partial charge in [-0.2, -0.15) is 0 Å². The molecule has 0 amide bonds. The van der Waals surface area contributed by atoms with Crippen molar-refractivity contribution in [3.05, 3.63) is 34.1 Å². The molecule has 94 valence electrons. The van der Waals surface area contributed by atoms with Crippen molar-refractivity contribution >= 4 is 15.9 Å². The van der Waals surface area contributed by atoms with Crippen LogP contribution in [0.5, 0.6) is 0 Å². The number of likely N-dealkylation sites (N-methyl/N-ethyl adjacent to an activating group) is 1. The average molecular weight is 302 g/mol. The van der Waals surface area contributed by atoms with Gasteiger partial charge in [-0.25, -0.2) is 4.39 Å². The van der Waals surface area contributed by atoms with E-state index in [2.05, 4.69) is 20.8 Å². The molecular formula is C13H17BrFNO. The summed E-state index contributed by atoms with van der Waals surface area (Å²) in [6, 6.07) is 4.93. The Morgan fingerprint density at radius 1 is 1.53 bits per heavy atom. The number of piperidine rings is 1. The van der Waals surface area contributed by atoms with Gasteiger partial charge in [0.2, 0.25) is 0 Å². The van der Waals surface area contributed by atoms with Crippen LogP contribution in [0.25, 0.3) is 0 Å². The van der Waals surface area contributed by atoms with Crippen LogP contribution in [0, 0.1) is 5.82 Å². The number of hydrogen-bond acceptors (Lipinski definition) is 2. The van der Waals surface area contributed by atoms with Crippen LogP contribution in [-0.4, -0.2) is 35.7 Å². The van der Waals surface area contributed by atoms with Crippen LogP contribution in [0.15, 0.2) is 22.7 Å². The molecule has 0 saturated carbocycles. The topological polar surface area (TPSA) is 23.5 Å². The van der Waals surface area contributed by atoms with Crippen LogP contribution < -0.4 is 0 Å². The molecule has 1 atom stereocenters. The van der Waals surface area contributed by atoms with Crippen molar-refractivity contribution in [3.63, 3.8) is 0 Å². The number of likely N-dealkylation sites (tertiary alicyclic amines) is 1. The summed E-state index contributed by atoms with van der Waals surface area (Å²) in [5.41, 5.74) is 0.292. The van der Waals surface area contributed by atoms with Gasteiger partial charge in [0.15, 0.2) is 0 Å². The molecule has 0 aromatic heterocycles. The van der Waals surface area contributed by atoms with E-state index < -0.39 is 5.60 Å². The van der Waals surface area contributed by atoms with Crippen LogP contribution in [-0.2, 0) is 6.42 Å². The maximum absolute atomic E-state index is 13.1. The molecule has 2 rings (SSSR count). The largest absolute Gasteiger partial charge is 0.388 e. The highest BCUT2D eigenvalue weighted by Gasteiger charge is 2.31. The van der Waals surface area contributed by atoms with Gasteiger partial charge in [0.25, 0.3) is 0 Å². The van der Waals surface area contributed by atoms with E-state index in [0.717, 1.165) is 24.9 Å². The zero-order chi connectivity index (χ0) is 12.5. The Hall–Kier alpha value is -0.450. The second-order valence-corrected chi connectivity index (χ2v) is 5.85. The third-order valence-corrected chi connectivity index (χ3v) is 3.87. The van der Waals surface area contributed by atoms with Crippen molar-refractivity contribution in [2.75, 3.05) is 20.1 Å². The highest BCUT2D eigenvalue weighted by atomic mass is 79.9. The van der Waals surface area contributed by atoms with E-state index in [1.165, 1.54) is 6.07 Å². The molecule has 4 heteroatoms. The van der Waals surface area contributed by atoms with Gasteiger partial charge in [-0.3, -0.25) is 0 Å². The molecule has 0 spiro atoms. The van der Waals surface area contributed by atoms with E-state index >= 15 is 0 Å². The number of benzene rings is 1. The van der Waals surface area contributed by atoms with Gasteiger partial charge in [-0.05, 0) is 60.1 Å². The Balaban J connectivity index is 2.11. The number of rotatable bonds is 2. The molecule has 1 aliphatic rings. The fraction of sp³-hybridized carbons (Fsp3) is 0.538. The summed E-state index contributed by atoms with van der Waals surface area (Å²) in [6.07, 6.45) is 2.40. The van der Waals surface area contributed by atoms with E-state index in [0.29, 0.717) is 17.4 Å². The molecule has 0 aliphatic carbocycles. The van der Waals surface area contributed by atoms with E-state index in [9.17, 15) is 9.50 Å². The van der Waals surface area contributed by atoms with Gasteiger partial charge >= 0.3 is 0 Å². The van der Waals surface area contributed by atoms with Crippen LogP contribution in [0.4, 0.5) is 4.39 Å². The van der Waals surface area contributed by atoms with E-state index in [4.69, 9.17) is 0 Å². The number of hydrogen-bond donors (Lipinski definition) is 1. The van der Waals surface area contributed by atoms with Gasteiger partial charge in [0.1, 0.15) is 5.82 Å². The highest BCUT2D eigenvalue weighted by Crippen LogP contribution is 2.26. The molecule has 0 bridgehead atoms. The molecule has 0 radical (unpaired) electrons. The molecule has 1 N–H and O–H groups in total. The minimum absolute atomic E-state index is 0.262. The molecule has 1 heterocycles. The normalized spacial score (nSPS) is 26.1. The van der Waals surface area contributed by atoms with Crippen LogP contribution in [0.2, 0.25) is 0 Å². The molecule has 1 aromatic carbocycles. The SMILES string of the molecule is CN1CCCC(O)(Cc2ccc(F)c(Br)c2)C1. The minimum Gasteiger partial charge on any atom is -0.388 e. The first-order valence-electron chi connectivity index (χ1n) is 5.83. The summed E-state index contributed by atoms with van der Waals surface area (Å²) < 4.78 is 13.6.